The van der Waals surface area contributed by atoms with Gasteiger partial charge < -0.3 is 14.7 Å². The molecule has 0 bridgehead atoms. The number of hydrogen-bond acceptors (Lipinski definition) is 6. The highest BCUT2D eigenvalue weighted by molar-refractivity contribution is 5.85. The lowest BCUT2D eigenvalue weighted by atomic mass is 9.97. The molecule has 1 unspecified atom stereocenters. The zero-order chi connectivity index (χ0) is 20.2. The molecule has 3 aromatic rings. The number of pyridine rings is 2. The summed E-state index contributed by atoms with van der Waals surface area (Å²) in [7, 11) is 0. The average molecular weight is 392 g/mol. The fourth-order valence-electron chi connectivity index (χ4n) is 3.82. The summed E-state index contributed by atoms with van der Waals surface area (Å²) in [5, 5.41) is 11.9. The number of piperazine rings is 1. The van der Waals surface area contributed by atoms with Crippen LogP contribution in [0.25, 0.3) is 10.9 Å². The third-order valence-electron chi connectivity index (χ3n) is 5.25. The maximum absolute atomic E-state index is 12.0. The Bertz CT molecular complexity index is 988. The number of carbonyl (C=O) groups is 1. The van der Waals surface area contributed by atoms with Crippen LogP contribution < -0.4 is 0 Å². The van der Waals surface area contributed by atoms with Gasteiger partial charge in [-0.25, -0.2) is 4.79 Å². The number of ether oxygens (including phenoxy) is 1. The maximum Gasteiger partial charge on any atom is 0.409 e. The lowest BCUT2D eigenvalue weighted by Crippen LogP contribution is -2.50. The SMILES string of the molecule is CCOC(=O)N1CCN(C(c2ccccn2)c2ccc3cccnc3c2O)CC1. The van der Waals surface area contributed by atoms with E-state index in [-0.39, 0.29) is 17.9 Å². The number of aromatic hydroxyl groups is 1. The lowest BCUT2D eigenvalue weighted by Gasteiger charge is -2.39. The second-order valence-electron chi connectivity index (χ2n) is 6.96. The van der Waals surface area contributed by atoms with Crippen molar-refractivity contribution in [2.75, 3.05) is 32.8 Å². The minimum absolute atomic E-state index is 0.173. The van der Waals surface area contributed by atoms with Crippen molar-refractivity contribution in [2.24, 2.45) is 0 Å². The minimum Gasteiger partial charge on any atom is -0.505 e. The molecule has 2 aromatic heterocycles. The van der Waals surface area contributed by atoms with E-state index >= 15 is 0 Å². The fraction of sp³-hybridized carbons (Fsp3) is 0.318. The van der Waals surface area contributed by atoms with Crippen molar-refractivity contribution < 1.29 is 14.6 Å². The van der Waals surface area contributed by atoms with Crippen molar-refractivity contribution in [1.29, 1.82) is 0 Å². The first-order valence-electron chi connectivity index (χ1n) is 9.82. The van der Waals surface area contributed by atoms with Crippen molar-refractivity contribution in [3.63, 3.8) is 0 Å². The summed E-state index contributed by atoms with van der Waals surface area (Å²) in [6.45, 7) is 4.61. The van der Waals surface area contributed by atoms with Crippen LogP contribution in [-0.2, 0) is 4.74 Å². The van der Waals surface area contributed by atoms with Crippen molar-refractivity contribution in [3.05, 3.63) is 66.1 Å². The highest BCUT2D eigenvalue weighted by atomic mass is 16.6. The quantitative estimate of drug-likeness (QED) is 0.735. The fourth-order valence-corrected chi connectivity index (χ4v) is 3.82. The molecule has 1 saturated heterocycles. The summed E-state index contributed by atoms with van der Waals surface area (Å²) in [5.74, 6) is 0.173. The first-order chi connectivity index (χ1) is 14.2. The Balaban J connectivity index is 1.68. The normalized spacial score (nSPS) is 16.0. The van der Waals surface area contributed by atoms with E-state index in [2.05, 4.69) is 14.9 Å². The van der Waals surface area contributed by atoms with Gasteiger partial charge in [-0.3, -0.25) is 14.9 Å². The molecular weight excluding hydrogens is 368 g/mol. The van der Waals surface area contributed by atoms with Gasteiger partial charge in [0.15, 0.2) is 0 Å². The molecule has 7 heteroatoms. The molecule has 0 aliphatic carbocycles. The van der Waals surface area contributed by atoms with Crippen LogP contribution in [0.15, 0.2) is 54.9 Å². The maximum atomic E-state index is 12.0. The molecule has 1 aliphatic rings. The van der Waals surface area contributed by atoms with Crippen LogP contribution in [0.5, 0.6) is 5.75 Å². The second kappa shape index (κ2) is 8.45. The van der Waals surface area contributed by atoms with Crippen LogP contribution in [0.1, 0.15) is 24.2 Å². The van der Waals surface area contributed by atoms with E-state index in [1.54, 1.807) is 17.3 Å². The summed E-state index contributed by atoms with van der Waals surface area (Å²) in [6, 6.07) is 13.3. The Morgan fingerprint density at radius 3 is 2.59 bits per heavy atom. The molecule has 0 radical (unpaired) electrons. The van der Waals surface area contributed by atoms with E-state index in [9.17, 15) is 9.90 Å². The third kappa shape index (κ3) is 3.86. The summed E-state index contributed by atoms with van der Waals surface area (Å²) in [6.07, 6.45) is 3.16. The smallest absolute Gasteiger partial charge is 0.409 e. The molecule has 7 nitrogen and oxygen atoms in total. The lowest BCUT2D eigenvalue weighted by molar-refractivity contribution is 0.0707. The van der Waals surface area contributed by atoms with Crippen LogP contribution in [0.3, 0.4) is 0 Å². The van der Waals surface area contributed by atoms with Gasteiger partial charge in [0.1, 0.15) is 11.3 Å². The van der Waals surface area contributed by atoms with Crippen molar-refractivity contribution in [1.82, 2.24) is 19.8 Å². The monoisotopic (exact) mass is 392 g/mol. The first kappa shape index (κ1) is 19.1. The van der Waals surface area contributed by atoms with E-state index < -0.39 is 0 Å². The Labute approximate surface area is 169 Å². The van der Waals surface area contributed by atoms with E-state index in [0.29, 0.717) is 38.3 Å². The highest BCUT2D eigenvalue weighted by Gasteiger charge is 2.31. The number of fused-ring (bicyclic) bond motifs is 1. The number of benzene rings is 1. The average Bonchev–Trinajstić information content (AvgIpc) is 2.77. The van der Waals surface area contributed by atoms with Crippen LogP contribution in [0, 0.1) is 0 Å². The number of nitrogens with zero attached hydrogens (tertiary/aromatic N) is 4. The molecule has 3 heterocycles. The summed E-state index contributed by atoms with van der Waals surface area (Å²) >= 11 is 0. The second-order valence-corrected chi connectivity index (χ2v) is 6.96. The van der Waals surface area contributed by atoms with Gasteiger partial charge in [-0.15, -0.1) is 0 Å². The topological polar surface area (TPSA) is 78.8 Å². The van der Waals surface area contributed by atoms with Gasteiger partial charge in [0, 0.05) is 49.5 Å². The van der Waals surface area contributed by atoms with E-state index in [4.69, 9.17) is 4.74 Å². The molecule has 4 rings (SSSR count). The van der Waals surface area contributed by atoms with Crippen molar-refractivity contribution in [2.45, 2.75) is 13.0 Å². The first-order valence-corrected chi connectivity index (χ1v) is 9.82. The van der Waals surface area contributed by atoms with Crippen molar-refractivity contribution >= 4 is 17.0 Å². The van der Waals surface area contributed by atoms with E-state index in [1.807, 2.05) is 49.4 Å². The standard InChI is InChI=1S/C22H24N4O3/c1-2-29-22(28)26-14-12-25(13-15-26)20(18-7-3-4-10-23-18)17-9-8-16-6-5-11-24-19(16)21(17)27/h3-11,20,27H,2,12-15H2,1H3. The molecule has 0 spiro atoms. The molecule has 1 amide bonds. The Kier molecular flexibility index (Phi) is 5.57. The van der Waals surface area contributed by atoms with Crippen LogP contribution in [0.4, 0.5) is 4.79 Å². The number of phenols is 1. The zero-order valence-electron chi connectivity index (χ0n) is 16.4. The van der Waals surface area contributed by atoms with Crippen LogP contribution in [-0.4, -0.2) is 63.8 Å². The number of rotatable bonds is 4. The molecule has 1 fully saturated rings. The van der Waals surface area contributed by atoms with Gasteiger partial charge in [0.25, 0.3) is 0 Å². The summed E-state index contributed by atoms with van der Waals surface area (Å²) < 4.78 is 5.12. The highest BCUT2D eigenvalue weighted by Crippen LogP contribution is 2.37. The predicted molar refractivity (Wildman–Crippen MR) is 110 cm³/mol. The number of phenolic OH excluding ortho intramolecular Hbond substituents is 1. The van der Waals surface area contributed by atoms with Gasteiger partial charge in [-0.1, -0.05) is 24.3 Å². The number of hydrogen-bond donors (Lipinski definition) is 1. The Morgan fingerprint density at radius 1 is 1.07 bits per heavy atom. The molecule has 150 valence electrons. The summed E-state index contributed by atoms with van der Waals surface area (Å²) in [4.78, 5) is 24.9. The Hall–Kier alpha value is -3.19. The molecule has 1 atom stereocenters. The Morgan fingerprint density at radius 2 is 1.86 bits per heavy atom. The summed E-state index contributed by atoms with van der Waals surface area (Å²) in [5.41, 5.74) is 2.19. The van der Waals surface area contributed by atoms with Gasteiger partial charge in [-0.05, 0) is 25.1 Å². The van der Waals surface area contributed by atoms with Crippen LogP contribution >= 0.6 is 0 Å². The molecule has 1 aliphatic heterocycles. The van der Waals surface area contributed by atoms with Gasteiger partial charge in [-0.2, -0.15) is 0 Å². The molecule has 29 heavy (non-hydrogen) atoms. The minimum atomic E-state index is -0.278. The van der Waals surface area contributed by atoms with E-state index in [0.717, 1.165) is 16.6 Å². The largest absolute Gasteiger partial charge is 0.505 e. The number of carbonyl (C=O) groups excluding carboxylic acids is 1. The molecule has 1 aromatic carbocycles. The van der Waals surface area contributed by atoms with Crippen LogP contribution in [0.2, 0.25) is 0 Å². The van der Waals surface area contributed by atoms with Gasteiger partial charge >= 0.3 is 6.09 Å². The zero-order valence-corrected chi connectivity index (χ0v) is 16.4. The third-order valence-corrected chi connectivity index (χ3v) is 5.25. The predicted octanol–water partition coefficient (Wildman–Crippen LogP) is 3.20. The van der Waals surface area contributed by atoms with Gasteiger partial charge in [0.2, 0.25) is 0 Å². The van der Waals surface area contributed by atoms with E-state index in [1.165, 1.54) is 0 Å². The molecular formula is C22H24N4O3. The molecule has 0 saturated carbocycles. The number of amides is 1. The van der Waals surface area contributed by atoms with Gasteiger partial charge in [0.05, 0.1) is 18.3 Å². The number of aromatic nitrogens is 2. The molecule has 1 N–H and O–H groups in total. The van der Waals surface area contributed by atoms with Crippen molar-refractivity contribution in [3.8, 4) is 5.75 Å².